The number of nitrogens with one attached hydrogen (secondary N) is 2. The Morgan fingerprint density at radius 3 is 2.32 bits per heavy atom. The first-order valence-electron chi connectivity index (χ1n) is 7.93. The Balaban J connectivity index is 1.82. The monoisotopic (exact) mass is 304 g/mol. The van der Waals surface area contributed by atoms with E-state index in [4.69, 9.17) is 0 Å². The van der Waals surface area contributed by atoms with Crippen molar-refractivity contribution in [3.05, 3.63) is 29.8 Å². The van der Waals surface area contributed by atoms with Gasteiger partial charge in [0.05, 0.1) is 5.60 Å². The fourth-order valence-electron chi connectivity index (χ4n) is 2.72. The van der Waals surface area contributed by atoms with Crippen molar-refractivity contribution in [3.8, 4) is 0 Å². The summed E-state index contributed by atoms with van der Waals surface area (Å²) in [6, 6.07) is 7.38. The summed E-state index contributed by atoms with van der Waals surface area (Å²) in [4.78, 5) is 23.7. The Morgan fingerprint density at radius 2 is 1.73 bits per heavy atom. The Bertz CT molecular complexity index is 519. The number of carbonyl (C=O) groups is 2. The number of carbonyl (C=O) groups excluding carboxylic acids is 2. The van der Waals surface area contributed by atoms with Gasteiger partial charge >= 0.3 is 11.8 Å². The maximum absolute atomic E-state index is 11.8. The second-order valence-electron chi connectivity index (χ2n) is 5.97. The molecule has 1 aromatic rings. The van der Waals surface area contributed by atoms with E-state index in [1.54, 1.807) is 12.1 Å². The Labute approximate surface area is 131 Å². The maximum atomic E-state index is 11.8. The predicted molar refractivity (Wildman–Crippen MR) is 85.5 cm³/mol. The summed E-state index contributed by atoms with van der Waals surface area (Å²) in [5, 5.41) is 15.4. The van der Waals surface area contributed by atoms with E-state index in [1.165, 1.54) is 5.56 Å². The molecule has 0 atom stereocenters. The van der Waals surface area contributed by atoms with E-state index in [0.29, 0.717) is 18.5 Å². The van der Waals surface area contributed by atoms with Crippen LogP contribution in [0.1, 0.15) is 44.6 Å². The number of rotatable bonds is 4. The van der Waals surface area contributed by atoms with E-state index < -0.39 is 17.4 Å². The lowest BCUT2D eigenvalue weighted by molar-refractivity contribution is -0.137. The van der Waals surface area contributed by atoms with Gasteiger partial charge in [0.15, 0.2) is 0 Å². The Kier molecular flexibility index (Phi) is 5.55. The molecule has 1 aromatic carbocycles. The van der Waals surface area contributed by atoms with Gasteiger partial charge < -0.3 is 15.7 Å². The van der Waals surface area contributed by atoms with Crippen LogP contribution in [0.5, 0.6) is 0 Å². The smallest absolute Gasteiger partial charge is 0.313 e. The molecule has 2 rings (SSSR count). The first kappa shape index (κ1) is 16.5. The van der Waals surface area contributed by atoms with Crippen LogP contribution in [-0.2, 0) is 16.0 Å². The van der Waals surface area contributed by atoms with Gasteiger partial charge in [0, 0.05) is 12.2 Å². The van der Waals surface area contributed by atoms with Gasteiger partial charge in [-0.05, 0) is 37.0 Å². The molecule has 2 amide bonds. The summed E-state index contributed by atoms with van der Waals surface area (Å²) in [6.07, 6.45) is 5.31. The number of benzene rings is 1. The molecule has 0 aromatic heterocycles. The minimum absolute atomic E-state index is 0.133. The largest absolute Gasteiger partial charge is 0.388 e. The highest BCUT2D eigenvalue weighted by Crippen LogP contribution is 2.27. The third-order valence-electron chi connectivity index (χ3n) is 4.19. The first-order chi connectivity index (χ1) is 10.5. The summed E-state index contributed by atoms with van der Waals surface area (Å²) < 4.78 is 0. The van der Waals surface area contributed by atoms with Gasteiger partial charge in [-0.3, -0.25) is 9.59 Å². The van der Waals surface area contributed by atoms with Gasteiger partial charge in [-0.15, -0.1) is 0 Å². The van der Waals surface area contributed by atoms with Gasteiger partial charge in [0.2, 0.25) is 0 Å². The van der Waals surface area contributed by atoms with Crippen LogP contribution in [0.4, 0.5) is 5.69 Å². The molecular weight excluding hydrogens is 280 g/mol. The minimum atomic E-state index is -0.864. The fraction of sp³-hybridized carbons (Fsp3) is 0.529. The van der Waals surface area contributed by atoms with Crippen LogP contribution in [0.25, 0.3) is 0 Å². The summed E-state index contributed by atoms with van der Waals surface area (Å²) in [5.41, 5.74) is 0.896. The Morgan fingerprint density at radius 1 is 1.09 bits per heavy atom. The topological polar surface area (TPSA) is 78.4 Å². The zero-order valence-electron chi connectivity index (χ0n) is 13.0. The Hall–Kier alpha value is -1.88. The van der Waals surface area contributed by atoms with Crippen molar-refractivity contribution in [1.29, 1.82) is 0 Å². The number of amides is 2. The van der Waals surface area contributed by atoms with E-state index in [9.17, 15) is 14.7 Å². The molecule has 0 unspecified atom stereocenters. The molecule has 0 heterocycles. The van der Waals surface area contributed by atoms with Crippen molar-refractivity contribution < 1.29 is 14.7 Å². The van der Waals surface area contributed by atoms with Crippen molar-refractivity contribution in [2.24, 2.45) is 0 Å². The number of aliphatic hydroxyl groups is 1. The zero-order chi connectivity index (χ0) is 16.0. The molecule has 1 fully saturated rings. The maximum Gasteiger partial charge on any atom is 0.313 e. The normalized spacial score (nSPS) is 16.8. The number of hydrogen-bond donors (Lipinski definition) is 3. The summed E-state index contributed by atoms with van der Waals surface area (Å²) in [6.45, 7) is 2.19. The third kappa shape index (κ3) is 4.56. The molecule has 5 nitrogen and oxygen atoms in total. The highest BCUT2D eigenvalue weighted by molar-refractivity contribution is 6.39. The van der Waals surface area contributed by atoms with Crippen LogP contribution in [0.3, 0.4) is 0 Å². The second kappa shape index (κ2) is 7.40. The zero-order valence-corrected chi connectivity index (χ0v) is 13.0. The summed E-state index contributed by atoms with van der Waals surface area (Å²) in [5.74, 6) is -1.41. The predicted octanol–water partition coefficient (Wildman–Crippen LogP) is 2.00. The SMILES string of the molecule is CCc1ccc(NC(=O)C(=O)NCC2(O)CCCCC2)cc1. The average Bonchev–Trinajstić information content (AvgIpc) is 2.54. The van der Waals surface area contributed by atoms with Gasteiger partial charge in [0.25, 0.3) is 0 Å². The average molecular weight is 304 g/mol. The van der Waals surface area contributed by atoms with Crippen LogP contribution in [0.2, 0.25) is 0 Å². The summed E-state index contributed by atoms with van der Waals surface area (Å²) >= 11 is 0. The fourth-order valence-corrected chi connectivity index (χ4v) is 2.72. The molecule has 0 spiro atoms. The molecule has 120 valence electrons. The molecule has 0 saturated heterocycles. The summed E-state index contributed by atoms with van der Waals surface area (Å²) in [7, 11) is 0. The molecule has 0 aliphatic heterocycles. The standard InChI is InChI=1S/C17H24N2O3/c1-2-13-6-8-14(9-7-13)19-16(21)15(20)18-12-17(22)10-4-3-5-11-17/h6-9,22H,2-5,10-12H2,1H3,(H,18,20)(H,19,21). The van der Waals surface area contributed by atoms with E-state index in [0.717, 1.165) is 25.7 Å². The third-order valence-corrected chi connectivity index (χ3v) is 4.19. The molecule has 3 N–H and O–H groups in total. The number of anilines is 1. The van der Waals surface area contributed by atoms with Crippen molar-refractivity contribution in [2.75, 3.05) is 11.9 Å². The van der Waals surface area contributed by atoms with Crippen LogP contribution in [-0.4, -0.2) is 29.1 Å². The van der Waals surface area contributed by atoms with E-state index >= 15 is 0 Å². The highest BCUT2D eigenvalue weighted by Gasteiger charge is 2.30. The van der Waals surface area contributed by atoms with Crippen LogP contribution >= 0.6 is 0 Å². The number of hydrogen-bond acceptors (Lipinski definition) is 3. The van der Waals surface area contributed by atoms with Crippen molar-refractivity contribution >= 4 is 17.5 Å². The van der Waals surface area contributed by atoms with E-state index in [-0.39, 0.29) is 6.54 Å². The van der Waals surface area contributed by atoms with Crippen molar-refractivity contribution in [1.82, 2.24) is 5.32 Å². The second-order valence-corrected chi connectivity index (χ2v) is 5.97. The van der Waals surface area contributed by atoms with Gasteiger partial charge in [-0.2, -0.15) is 0 Å². The lowest BCUT2D eigenvalue weighted by atomic mass is 9.85. The van der Waals surface area contributed by atoms with Crippen LogP contribution < -0.4 is 10.6 Å². The van der Waals surface area contributed by atoms with Gasteiger partial charge in [0.1, 0.15) is 0 Å². The van der Waals surface area contributed by atoms with Crippen molar-refractivity contribution in [3.63, 3.8) is 0 Å². The van der Waals surface area contributed by atoms with Crippen LogP contribution in [0, 0.1) is 0 Å². The first-order valence-corrected chi connectivity index (χ1v) is 7.93. The minimum Gasteiger partial charge on any atom is -0.388 e. The lowest BCUT2D eigenvalue weighted by Crippen LogP contribution is -2.47. The molecule has 1 saturated carbocycles. The van der Waals surface area contributed by atoms with Crippen molar-refractivity contribution in [2.45, 2.75) is 51.0 Å². The van der Waals surface area contributed by atoms with Crippen LogP contribution in [0.15, 0.2) is 24.3 Å². The number of aryl methyl sites for hydroxylation is 1. The lowest BCUT2D eigenvalue weighted by Gasteiger charge is -2.31. The quantitative estimate of drug-likeness (QED) is 0.744. The molecule has 1 aliphatic carbocycles. The van der Waals surface area contributed by atoms with Gasteiger partial charge in [-0.1, -0.05) is 38.3 Å². The van der Waals surface area contributed by atoms with Gasteiger partial charge in [-0.25, -0.2) is 0 Å². The molecule has 5 heteroatoms. The van der Waals surface area contributed by atoms with E-state index in [1.807, 2.05) is 12.1 Å². The molecule has 22 heavy (non-hydrogen) atoms. The highest BCUT2D eigenvalue weighted by atomic mass is 16.3. The molecular formula is C17H24N2O3. The van der Waals surface area contributed by atoms with E-state index in [2.05, 4.69) is 17.6 Å². The molecule has 0 radical (unpaired) electrons. The molecule has 0 bridgehead atoms. The molecule has 1 aliphatic rings.